The molecule has 3 rings (SSSR count). The number of nitrogens with zero attached hydrogens (tertiary/aromatic N) is 3. The van der Waals surface area contributed by atoms with Crippen LogP contribution in [0.25, 0.3) is 11.0 Å². The Bertz CT molecular complexity index is 784. The number of rotatable bonds is 5. The van der Waals surface area contributed by atoms with Crippen molar-refractivity contribution in [3.05, 3.63) is 18.6 Å². The number of aromatic nitrogens is 3. The highest BCUT2D eigenvalue weighted by Gasteiger charge is 2.45. The fourth-order valence-corrected chi connectivity index (χ4v) is 2.95. The molecule has 24 heavy (non-hydrogen) atoms. The zero-order chi connectivity index (χ0) is 17.5. The van der Waals surface area contributed by atoms with Crippen LogP contribution >= 0.6 is 7.82 Å². The van der Waals surface area contributed by atoms with Crippen molar-refractivity contribution in [2.75, 3.05) is 19.5 Å². The third kappa shape index (κ3) is 3.03. The normalized spacial score (nSPS) is 29.8. The predicted octanol–water partition coefficient (Wildman–Crippen LogP) is -0.604. The summed E-state index contributed by atoms with van der Waals surface area (Å²) in [6.45, 7) is -0.438. The minimum Gasteiger partial charge on any atom is -0.387 e. The molecule has 5 atom stereocenters. The van der Waals surface area contributed by atoms with Gasteiger partial charge in [0.05, 0.1) is 12.0 Å². The molecule has 1 fully saturated rings. The molecule has 132 valence electrons. The van der Waals surface area contributed by atoms with Gasteiger partial charge in [-0.2, -0.15) is 0 Å². The van der Waals surface area contributed by atoms with E-state index in [0.717, 1.165) is 7.11 Å². The molecule has 0 spiro atoms. The predicted molar refractivity (Wildman–Crippen MR) is 80.7 cm³/mol. The molecule has 1 unspecified atom stereocenters. The summed E-state index contributed by atoms with van der Waals surface area (Å²) in [6, 6.07) is 1.66. The smallest absolute Gasteiger partial charge is 0.387 e. The number of ether oxygens (including phenoxy) is 1. The van der Waals surface area contributed by atoms with Gasteiger partial charge in [-0.05, 0) is 6.07 Å². The summed E-state index contributed by atoms with van der Waals surface area (Å²) in [5.41, 5.74) is 6.18. The minimum absolute atomic E-state index is 0.271. The Morgan fingerprint density at radius 2 is 2.17 bits per heavy atom. The number of hydrogen-bond acceptors (Lipinski definition) is 9. The summed E-state index contributed by atoms with van der Waals surface area (Å²) in [7, 11) is -3.20. The van der Waals surface area contributed by atoms with Crippen molar-refractivity contribution in [3.63, 3.8) is 0 Å². The first-order valence-corrected chi connectivity index (χ1v) is 8.45. The molecule has 1 aliphatic rings. The van der Waals surface area contributed by atoms with Gasteiger partial charge in [0.1, 0.15) is 36.1 Å². The minimum atomic E-state index is -4.21. The van der Waals surface area contributed by atoms with E-state index >= 15 is 0 Å². The number of nitrogen functional groups attached to an aromatic ring is 1. The summed E-state index contributed by atoms with van der Waals surface area (Å²) in [5.74, 6) is 0.271. The average Bonchev–Trinajstić information content (AvgIpc) is 3.10. The monoisotopic (exact) mass is 360 g/mol. The van der Waals surface area contributed by atoms with Gasteiger partial charge < -0.3 is 30.1 Å². The van der Waals surface area contributed by atoms with Crippen molar-refractivity contribution in [1.82, 2.24) is 14.5 Å². The third-order valence-electron chi connectivity index (χ3n) is 3.78. The van der Waals surface area contributed by atoms with Crippen LogP contribution in [0.1, 0.15) is 6.23 Å². The van der Waals surface area contributed by atoms with E-state index in [0.29, 0.717) is 11.0 Å². The Morgan fingerprint density at radius 3 is 2.88 bits per heavy atom. The van der Waals surface area contributed by atoms with Gasteiger partial charge >= 0.3 is 7.82 Å². The van der Waals surface area contributed by atoms with E-state index in [-0.39, 0.29) is 5.82 Å². The molecule has 2 aromatic heterocycles. The Morgan fingerprint density at radius 1 is 1.42 bits per heavy atom. The quantitative estimate of drug-likeness (QED) is 0.506. The van der Waals surface area contributed by atoms with Gasteiger partial charge in [0.25, 0.3) is 0 Å². The molecule has 5 N–H and O–H groups in total. The van der Waals surface area contributed by atoms with E-state index in [1.165, 1.54) is 10.9 Å². The van der Waals surface area contributed by atoms with Crippen LogP contribution in [0.4, 0.5) is 5.82 Å². The Kier molecular flexibility index (Phi) is 4.58. The van der Waals surface area contributed by atoms with Crippen LogP contribution in [0.15, 0.2) is 18.6 Å². The second-order valence-corrected chi connectivity index (χ2v) is 6.77. The second-order valence-electron chi connectivity index (χ2n) is 5.21. The molecular weight excluding hydrogens is 343 g/mol. The molecule has 0 aliphatic carbocycles. The number of hydrogen-bond donors (Lipinski definition) is 4. The number of phosphoric ester groups is 1. The topological polar surface area (TPSA) is 162 Å². The van der Waals surface area contributed by atoms with Crippen LogP contribution in [0.5, 0.6) is 0 Å². The van der Waals surface area contributed by atoms with Gasteiger partial charge in [-0.15, -0.1) is 0 Å². The van der Waals surface area contributed by atoms with Gasteiger partial charge in [0, 0.05) is 13.3 Å². The van der Waals surface area contributed by atoms with Gasteiger partial charge in [-0.25, -0.2) is 14.5 Å². The number of nitrogens with two attached hydrogens (primary N) is 1. The maximum atomic E-state index is 11.3. The Balaban J connectivity index is 1.82. The lowest BCUT2D eigenvalue weighted by Crippen LogP contribution is -2.33. The van der Waals surface area contributed by atoms with Crippen molar-refractivity contribution >= 4 is 24.7 Å². The third-order valence-corrected chi connectivity index (χ3v) is 4.72. The van der Waals surface area contributed by atoms with Crippen LogP contribution in [0, 0.1) is 0 Å². The van der Waals surface area contributed by atoms with Gasteiger partial charge in [-0.3, -0.25) is 9.05 Å². The first-order valence-electron chi connectivity index (χ1n) is 6.95. The lowest BCUT2D eigenvalue weighted by molar-refractivity contribution is -0.0506. The highest BCUT2D eigenvalue weighted by atomic mass is 31.2. The first kappa shape index (κ1) is 17.2. The molecule has 0 radical (unpaired) electrons. The van der Waals surface area contributed by atoms with Crippen molar-refractivity contribution in [1.29, 1.82) is 0 Å². The molecule has 12 heteroatoms. The van der Waals surface area contributed by atoms with Crippen molar-refractivity contribution in [3.8, 4) is 0 Å². The molecule has 0 saturated carbocycles. The maximum Gasteiger partial charge on any atom is 0.472 e. The zero-order valence-electron chi connectivity index (χ0n) is 12.6. The molecule has 1 saturated heterocycles. The van der Waals surface area contributed by atoms with Crippen LogP contribution in [0.3, 0.4) is 0 Å². The standard InChI is InChI=1S/C12H17N4O7P/c1-21-24(19,20)22-4-7-8(17)9(18)12(23-7)16-3-2-6-10(13)14-5-15-11(6)16/h2-3,5,7-9,12,17-18H,4H2,1H3,(H,19,20)(H2,13,14,15)/t7-,8-,9+,12-/m0/s1. The summed E-state index contributed by atoms with van der Waals surface area (Å²) in [6.07, 6.45) is -1.77. The largest absolute Gasteiger partial charge is 0.472 e. The zero-order valence-corrected chi connectivity index (χ0v) is 13.5. The summed E-state index contributed by atoms with van der Waals surface area (Å²) >= 11 is 0. The van der Waals surface area contributed by atoms with Crippen molar-refractivity contribution in [2.45, 2.75) is 24.5 Å². The molecule has 0 bridgehead atoms. The number of anilines is 1. The number of aliphatic hydroxyl groups excluding tert-OH is 2. The summed E-state index contributed by atoms with van der Waals surface area (Å²) in [5, 5.41) is 20.9. The van der Waals surface area contributed by atoms with Crippen molar-refractivity contribution < 1.29 is 33.5 Å². The van der Waals surface area contributed by atoms with E-state index in [4.69, 9.17) is 15.0 Å². The molecule has 1 aliphatic heterocycles. The van der Waals surface area contributed by atoms with Gasteiger partial charge in [-0.1, -0.05) is 0 Å². The first-order chi connectivity index (χ1) is 11.3. The fraction of sp³-hybridized carbons (Fsp3) is 0.500. The lowest BCUT2D eigenvalue weighted by atomic mass is 10.1. The van der Waals surface area contributed by atoms with E-state index < -0.39 is 39.0 Å². The molecular formula is C12H17N4O7P. The Labute approximate surface area is 136 Å². The maximum absolute atomic E-state index is 11.3. The lowest BCUT2D eigenvalue weighted by Gasteiger charge is -2.17. The van der Waals surface area contributed by atoms with E-state index in [2.05, 4.69) is 14.5 Å². The van der Waals surface area contributed by atoms with Gasteiger partial charge in [0.15, 0.2) is 6.23 Å². The molecule has 2 aromatic rings. The van der Waals surface area contributed by atoms with E-state index in [9.17, 15) is 19.7 Å². The highest BCUT2D eigenvalue weighted by Crippen LogP contribution is 2.43. The summed E-state index contributed by atoms with van der Waals surface area (Å²) < 4.78 is 27.4. The molecule has 3 heterocycles. The molecule has 0 amide bonds. The number of aliphatic hydroxyl groups is 2. The fourth-order valence-electron chi connectivity index (χ4n) is 2.51. The van der Waals surface area contributed by atoms with Crippen LogP contribution in [-0.4, -0.2) is 61.7 Å². The van der Waals surface area contributed by atoms with Crippen LogP contribution in [-0.2, 0) is 18.3 Å². The number of fused-ring (bicyclic) bond motifs is 1. The SMILES string of the molecule is COP(=O)(O)OC[C@@H]1O[C@H](n2ccc3c(N)ncnc32)[C@H](O)[C@H]1O. The van der Waals surface area contributed by atoms with E-state index in [1.54, 1.807) is 12.3 Å². The molecule has 0 aromatic carbocycles. The summed E-state index contributed by atoms with van der Waals surface area (Å²) in [4.78, 5) is 17.2. The van der Waals surface area contributed by atoms with Crippen LogP contribution in [0.2, 0.25) is 0 Å². The number of phosphoric acid groups is 1. The Hall–Kier alpha value is -1.59. The average molecular weight is 360 g/mol. The van der Waals surface area contributed by atoms with Gasteiger partial charge in [0.2, 0.25) is 0 Å². The van der Waals surface area contributed by atoms with E-state index in [1.807, 2.05) is 0 Å². The highest BCUT2D eigenvalue weighted by molar-refractivity contribution is 7.47. The van der Waals surface area contributed by atoms with Crippen molar-refractivity contribution in [2.24, 2.45) is 0 Å². The van der Waals surface area contributed by atoms with Crippen LogP contribution < -0.4 is 5.73 Å². The molecule has 11 nitrogen and oxygen atoms in total. The second kappa shape index (κ2) is 6.37.